The van der Waals surface area contributed by atoms with Gasteiger partial charge in [-0.15, -0.1) is 0 Å². The lowest BCUT2D eigenvalue weighted by Crippen LogP contribution is -2.25. The number of allylic oxidation sites excluding steroid dienone is 2. The molecule has 0 saturated carbocycles. The average molecular weight is 461 g/mol. The number of ether oxygens (including phenoxy) is 1. The quantitative estimate of drug-likeness (QED) is 0.271. The number of aryl methyl sites for hydroxylation is 1. The summed E-state index contributed by atoms with van der Waals surface area (Å²) in [5, 5.41) is 8.64. The number of rotatable bonds is 7. The van der Waals surface area contributed by atoms with Crippen LogP contribution in [0.5, 0.6) is 5.75 Å². The van der Waals surface area contributed by atoms with E-state index < -0.39 is 46.3 Å². The second kappa shape index (κ2) is 9.82. The maximum absolute atomic E-state index is 14.6. The van der Waals surface area contributed by atoms with Gasteiger partial charge in [0.1, 0.15) is 46.2 Å². The van der Waals surface area contributed by atoms with Crippen LogP contribution in [-0.2, 0) is 12.5 Å². The molecule has 33 heavy (non-hydrogen) atoms. The molecule has 2 nitrogen and oxygen atoms in total. The van der Waals surface area contributed by atoms with Crippen LogP contribution in [0.3, 0.4) is 0 Å². The van der Waals surface area contributed by atoms with Gasteiger partial charge in [0.2, 0.25) is 0 Å². The summed E-state index contributed by atoms with van der Waals surface area (Å²) in [4.78, 5) is 0. The van der Waals surface area contributed by atoms with E-state index in [2.05, 4.69) is 4.74 Å². The third kappa shape index (κ3) is 5.37. The first-order chi connectivity index (χ1) is 15.7. The molecule has 0 aromatic heterocycles. The highest BCUT2D eigenvalue weighted by Gasteiger charge is 2.41. The number of nitriles is 1. The summed E-state index contributed by atoms with van der Waals surface area (Å²) in [5.74, 6) is -7.13. The Morgan fingerprint density at radius 1 is 0.879 bits per heavy atom. The summed E-state index contributed by atoms with van der Waals surface area (Å²) in [7, 11) is 0. The zero-order valence-corrected chi connectivity index (χ0v) is 17.3. The first-order valence-electron chi connectivity index (χ1n) is 9.82. The molecule has 0 amide bonds. The second-order valence-corrected chi connectivity index (χ2v) is 7.11. The van der Waals surface area contributed by atoms with Gasteiger partial charge < -0.3 is 4.74 Å². The van der Waals surface area contributed by atoms with E-state index in [0.717, 1.165) is 30.5 Å². The van der Waals surface area contributed by atoms with Crippen molar-refractivity contribution in [1.82, 2.24) is 0 Å². The van der Waals surface area contributed by atoms with Crippen LogP contribution < -0.4 is 4.74 Å². The van der Waals surface area contributed by atoms with Gasteiger partial charge in [-0.2, -0.15) is 14.0 Å². The van der Waals surface area contributed by atoms with Crippen molar-refractivity contribution in [3.63, 3.8) is 0 Å². The normalized spacial score (nSPS) is 11.6. The number of nitrogens with zero attached hydrogens (tertiary/aromatic N) is 1. The Morgan fingerprint density at radius 3 is 1.97 bits per heavy atom. The summed E-state index contributed by atoms with van der Waals surface area (Å²) < 4.78 is 89.7. The third-order valence-electron chi connectivity index (χ3n) is 4.83. The SMILES string of the molecule is C/C=C/CCc1ccc(-c2cc(F)c(C(F)(F)Oc3cc(F)c(C#N)c(F)c3)c(F)c2)cc1. The van der Waals surface area contributed by atoms with Gasteiger partial charge in [0.15, 0.2) is 0 Å². The van der Waals surface area contributed by atoms with Crippen molar-refractivity contribution < 1.29 is 31.1 Å². The standard InChI is InChI=1S/C25H17F6NO/c1-2-3-4-5-15-6-8-16(9-7-15)17-10-22(28)24(23(29)11-17)25(30,31)33-18-12-20(26)19(14-32)21(27)13-18/h2-3,6-13H,4-5H2,1H3/b3-2+. The van der Waals surface area contributed by atoms with Crippen LogP contribution in [0, 0.1) is 34.6 Å². The number of hydrogen-bond acceptors (Lipinski definition) is 2. The van der Waals surface area contributed by atoms with E-state index >= 15 is 0 Å². The van der Waals surface area contributed by atoms with Crippen LogP contribution in [0.1, 0.15) is 30.0 Å². The van der Waals surface area contributed by atoms with Gasteiger partial charge in [-0.05, 0) is 48.6 Å². The highest BCUT2D eigenvalue weighted by Crippen LogP contribution is 2.37. The zero-order valence-electron chi connectivity index (χ0n) is 17.3. The summed E-state index contributed by atoms with van der Waals surface area (Å²) in [5.41, 5.74) is -1.27. The molecular formula is C25H17F6NO. The van der Waals surface area contributed by atoms with E-state index in [1.165, 1.54) is 6.07 Å². The maximum Gasteiger partial charge on any atom is 0.432 e. The lowest BCUT2D eigenvalue weighted by molar-refractivity contribution is -0.189. The van der Waals surface area contributed by atoms with Crippen molar-refractivity contribution >= 4 is 0 Å². The number of hydrogen-bond donors (Lipinski definition) is 0. The molecule has 0 aliphatic carbocycles. The Balaban J connectivity index is 1.88. The van der Waals surface area contributed by atoms with Gasteiger partial charge >= 0.3 is 6.11 Å². The molecule has 170 valence electrons. The first-order valence-corrected chi connectivity index (χ1v) is 9.82. The molecule has 0 spiro atoms. The molecule has 3 rings (SSSR count). The molecule has 0 unspecified atom stereocenters. The minimum absolute atomic E-state index is 0.0278. The molecule has 0 aliphatic heterocycles. The number of benzene rings is 3. The Bertz CT molecular complexity index is 1180. The van der Waals surface area contributed by atoms with Crippen molar-refractivity contribution in [3.8, 4) is 22.9 Å². The largest absolute Gasteiger partial charge is 0.432 e. The molecule has 0 aliphatic rings. The topological polar surface area (TPSA) is 33.0 Å². The minimum atomic E-state index is -4.59. The van der Waals surface area contributed by atoms with Crippen molar-refractivity contribution in [1.29, 1.82) is 5.26 Å². The number of alkyl halides is 2. The molecule has 0 saturated heterocycles. The Morgan fingerprint density at radius 2 is 1.45 bits per heavy atom. The molecule has 0 bridgehead atoms. The van der Waals surface area contributed by atoms with E-state index in [1.54, 1.807) is 24.3 Å². The van der Waals surface area contributed by atoms with Gasteiger partial charge in [0.05, 0.1) is 0 Å². The Hall–Kier alpha value is -3.73. The van der Waals surface area contributed by atoms with Crippen molar-refractivity contribution in [2.75, 3.05) is 0 Å². The van der Waals surface area contributed by atoms with Crippen LogP contribution in [-0.4, -0.2) is 0 Å². The van der Waals surface area contributed by atoms with Gasteiger partial charge in [0.25, 0.3) is 0 Å². The van der Waals surface area contributed by atoms with E-state index in [4.69, 9.17) is 5.26 Å². The molecular weight excluding hydrogens is 444 g/mol. The van der Waals surface area contributed by atoms with Gasteiger partial charge in [-0.1, -0.05) is 36.4 Å². The second-order valence-electron chi connectivity index (χ2n) is 7.11. The highest BCUT2D eigenvalue weighted by molar-refractivity contribution is 5.64. The van der Waals surface area contributed by atoms with Crippen LogP contribution in [0.15, 0.2) is 60.7 Å². The summed E-state index contributed by atoms with van der Waals surface area (Å²) in [6.45, 7) is 1.91. The molecule has 0 atom stereocenters. The zero-order chi connectivity index (χ0) is 24.2. The van der Waals surface area contributed by atoms with Gasteiger partial charge in [-0.25, -0.2) is 17.6 Å². The van der Waals surface area contributed by atoms with Crippen molar-refractivity contribution in [3.05, 3.63) is 101 Å². The molecule has 3 aromatic rings. The predicted molar refractivity (Wildman–Crippen MR) is 111 cm³/mol. The highest BCUT2D eigenvalue weighted by atomic mass is 19.3. The van der Waals surface area contributed by atoms with Gasteiger partial charge in [0, 0.05) is 12.1 Å². The average Bonchev–Trinajstić information content (AvgIpc) is 2.73. The van der Waals surface area contributed by atoms with E-state index in [1.807, 2.05) is 19.1 Å². The molecule has 8 heteroatoms. The van der Waals surface area contributed by atoms with Crippen LogP contribution in [0.2, 0.25) is 0 Å². The van der Waals surface area contributed by atoms with Crippen LogP contribution in [0.25, 0.3) is 11.1 Å². The predicted octanol–water partition coefficient (Wildman–Crippen LogP) is 7.42. The molecule has 0 heterocycles. The lowest BCUT2D eigenvalue weighted by Gasteiger charge is -2.20. The van der Waals surface area contributed by atoms with Crippen LogP contribution >= 0.6 is 0 Å². The van der Waals surface area contributed by atoms with E-state index in [0.29, 0.717) is 17.7 Å². The summed E-state index contributed by atoms with van der Waals surface area (Å²) in [6.07, 6.45) is 0.939. The van der Waals surface area contributed by atoms with E-state index in [-0.39, 0.29) is 5.56 Å². The molecule has 0 N–H and O–H groups in total. The molecule has 0 fully saturated rings. The van der Waals surface area contributed by atoms with Crippen molar-refractivity contribution in [2.45, 2.75) is 25.9 Å². The third-order valence-corrected chi connectivity index (χ3v) is 4.83. The summed E-state index contributed by atoms with van der Waals surface area (Å²) >= 11 is 0. The Kier molecular flexibility index (Phi) is 7.12. The van der Waals surface area contributed by atoms with E-state index in [9.17, 15) is 26.3 Å². The molecule has 0 radical (unpaired) electrons. The van der Waals surface area contributed by atoms with Gasteiger partial charge in [-0.3, -0.25) is 0 Å². The fraction of sp³-hybridized carbons (Fsp3) is 0.160. The minimum Gasteiger partial charge on any atom is -0.429 e. The maximum atomic E-state index is 14.6. The van der Waals surface area contributed by atoms with Crippen molar-refractivity contribution in [2.24, 2.45) is 0 Å². The molecule has 3 aromatic carbocycles. The summed E-state index contributed by atoms with van der Waals surface area (Å²) in [6, 6.07) is 10.1. The Labute approximate surface area is 186 Å². The fourth-order valence-corrected chi connectivity index (χ4v) is 3.21. The smallest absolute Gasteiger partial charge is 0.429 e. The first kappa shape index (κ1) is 23.9. The van der Waals surface area contributed by atoms with Crippen LogP contribution in [0.4, 0.5) is 26.3 Å². The number of halogens is 6. The fourth-order valence-electron chi connectivity index (χ4n) is 3.21. The monoisotopic (exact) mass is 461 g/mol. The lowest BCUT2D eigenvalue weighted by atomic mass is 10.00.